The normalized spacial score (nSPS) is 11.8. The number of hydrogen-bond donors (Lipinski definition) is 0. The number of para-hydroxylation sites is 1. The van der Waals surface area contributed by atoms with E-state index in [4.69, 9.17) is 9.40 Å². The highest BCUT2D eigenvalue weighted by Gasteiger charge is 2.15. The van der Waals surface area contributed by atoms with Crippen LogP contribution < -0.4 is 0 Å². The number of imidazole rings is 1. The number of pyridine rings is 1. The summed E-state index contributed by atoms with van der Waals surface area (Å²) in [5.74, 6) is 1.82. The van der Waals surface area contributed by atoms with Gasteiger partial charge in [0.05, 0.1) is 11.2 Å². The van der Waals surface area contributed by atoms with Crippen LogP contribution in [0.1, 0.15) is 11.5 Å². The van der Waals surface area contributed by atoms with Crippen molar-refractivity contribution in [2.45, 2.75) is 13.8 Å². The lowest BCUT2D eigenvalue weighted by Gasteiger charge is -2.11. The van der Waals surface area contributed by atoms with Crippen molar-refractivity contribution < 1.29 is 4.42 Å². The van der Waals surface area contributed by atoms with Crippen molar-refractivity contribution in [3.05, 3.63) is 72.2 Å². The van der Waals surface area contributed by atoms with Gasteiger partial charge in [-0.2, -0.15) is 0 Å². The molecule has 0 unspecified atom stereocenters. The molecule has 0 aliphatic rings. The van der Waals surface area contributed by atoms with Gasteiger partial charge in [0.2, 0.25) is 0 Å². The topological polar surface area (TPSA) is 30.4 Å². The highest BCUT2D eigenvalue weighted by atomic mass is 16.3. The van der Waals surface area contributed by atoms with E-state index in [2.05, 4.69) is 53.1 Å². The van der Waals surface area contributed by atoms with Crippen LogP contribution in [-0.4, -0.2) is 9.38 Å². The highest BCUT2D eigenvalue weighted by Crippen LogP contribution is 2.37. The molecule has 5 aromatic rings. The van der Waals surface area contributed by atoms with E-state index in [-0.39, 0.29) is 0 Å². The van der Waals surface area contributed by atoms with E-state index in [9.17, 15) is 0 Å². The molecule has 3 nitrogen and oxygen atoms in total. The van der Waals surface area contributed by atoms with Crippen molar-refractivity contribution in [1.29, 1.82) is 0 Å². The number of aromatic nitrogens is 2. The zero-order chi connectivity index (χ0) is 16.3. The van der Waals surface area contributed by atoms with Gasteiger partial charge in [0.25, 0.3) is 0 Å². The molecular formula is C21H16N2O. The minimum absolute atomic E-state index is 0.899. The summed E-state index contributed by atoms with van der Waals surface area (Å²) < 4.78 is 8.10. The first-order valence-electron chi connectivity index (χ1n) is 8.08. The van der Waals surface area contributed by atoms with Gasteiger partial charge in [0.15, 0.2) is 0 Å². The van der Waals surface area contributed by atoms with E-state index in [1.807, 2.05) is 26.0 Å². The first-order chi connectivity index (χ1) is 11.7. The van der Waals surface area contributed by atoms with Crippen LogP contribution in [0.3, 0.4) is 0 Å². The summed E-state index contributed by atoms with van der Waals surface area (Å²) in [6.45, 7) is 4.01. The van der Waals surface area contributed by atoms with Crippen molar-refractivity contribution >= 4 is 27.3 Å². The molecule has 0 bridgehead atoms. The third-order valence-electron chi connectivity index (χ3n) is 4.57. The summed E-state index contributed by atoms with van der Waals surface area (Å²) in [5.41, 5.74) is 4.29. The maximum absolute atomic E-state index is 5.92. The molecular weight excluding hydrogens is 296 g/mol. The number of rotatable bonds is 1. The molecule has 5 rings (SSSR count). The summed E-state index contributed by atoms with van der Waals surface area (Å²) in [6.07, 6.45) is 2.10. The molecule has 0 saturated carbocycles. The fraction of sp³-hybridized carbons (Fsp3) is 0.0952. The molecule has 3 heterocycles. The Hall–Kier alpha value is -3.07. The van der Waals surface area contributed by atoms with Crippen molar-refractivity contribution in [3.63, 3.8) is 0 Å². The van der Waals surface area contributed by atoms with E-state index in [0.29, 0.717) is 0 Å². The predicted octanol–water partition coefficient (Wildman–Crippen LogP) is 5.52. The van der Waals surface area contributed by atoms with Gasteiger partial charge in [-0.3, -0.25) is 4.40 Å². The van der Waals surface area contributed by atoms with Gasteiger partial charge < -0.3 is 4.42 Å². The number of fused-ring (bicyclic) bond motifs is 6. The Kier molecular flexibility index (Phi) is 2.63. The van der Waals surface area contributed by atoms with E-state index >= 15 is 0 Å². The van der Waals surface area contributed by atoms with Gasteiger partial charge in [0.1, 0.15) is 17.2 Å². The second kappa shape index (κ2) is 4.71. The molecule has 0 N–H and O–H groups in total. The van der Waals surface area contributed by atoms with Crippen LogP contribution in [-0.2, 0) is 0 Å². The molecule has 116 valence electrons. The zero-order valence-corrected chi connectivity index (χ0v) is 13.6. The Balaban J connectivity index is 2.07. The molecule has 3 heteroatoms. The molecule has 0 fully saturated rings. The van der Waals surface area contributed by atoms with Crippen LogP contribution >= 0.6 is 0 Å². The molecule has 2 aromatic carbocycles. The summed E-state index contributed by atoms with van der Waals surface area (Å²) in [4.78, 5) is 4.76. The Labute approximate surface area is 139 Å². The monoisotopic (exact) mass is 312 g/mol. The van der Waals surface area contributed by atoms with Crippen LogP contribution in [0.15, 0.2) is 65.2 Å². The van der Waals surface area contributed by atoms with E-state index in [0.717, 1.165) is 39.3 Å². The number of nitrogens with zero attached hydrogens (tertiary/aromatic N) is 2. The van der Waals surface area contributed by atoms with Crippen molar-refractivity contribution in [3.8, 4) is 11.3 Å². The molecule has 24 heavy (non-hydrogen) atoms. The first-order valence-corrected chi connectivity index (χ1v) is 8.08. The average molecular weight is 312 g/mol. The van der Waals surface area contributed by atoms with Gasteiger partial charge in [-0.05, 0) is 32.0 Å². The van der Waals surface area contributed by atoms with Gasteiger partial charge in [0, 0.05) is 27.9 Å². The first kappa shape index (κ1) is 13.4. The van der Waals surface area contributed by atoms with E-state index < -0.39 is 0 Å². The minimum atomic E-state index is 0.899. The molecule has 0 atom stereocenters. The SMILES string of the molecule is Cc1cn2c3ccccc3c3c(-c4ccc(C)o4)cccc3c2n1. The summed E-state index contributed by atoms with van der Waals surface area (Å²) in [7, 11) is 0. The summed E-state index contributed by atoms with van der Waals surface area (Å²) in [5, 5.41) is 3.55. The van der Waals surface area contributed by atoms with Gasteiger partial charge in [-0.1, -0.05) is 36.4 Å². The smallest absolute Gasteiger partial charge is 0.145 e. The molecule has 0 spiro atoms. The zero-order valence-electron chi connectivity index (χ0n) is 13.6. The lowest BCUT2D eigenvalue weighted by Crippen LogP contribution is -1.91. The fourth-order valence-corrected chi connectivity index (χ4v) is 3.58. The standard InChI is InChI=1S/C21H16N2O/c1-13-12-23-18-9-4-3-6-15(18)20-16(19-11-10-14(2)24-19)7-5-8-17(20)21(23)22-13/h3-12H,1-2H3. The Morgan fingerprint density at radius 3 is 2.54 bits per heavy atom. The Morgan fingerprint density at radius 2 is 1.71 bits per heavy atom. The highest BCUT2D eigenvalue weighted by molar-refractivity contribution is 6.17. The summed E-state index contributed by atoms with van der Waals surface area (Å²) >= 11 is 0. The Bertz CT molecular complexity index is 1230. The second-order valence-corrected chi connectivity index (χ2v) is 6.23. The third kappa shape index (κ3) is 1.75. The molecule has 0 amide bonds. The number of furan rings is 1. The van der Waals surface area contributed by atoms with Gasteiger partial charge in [-0.15, -0.1) is 0 Å². The van der Waals surface area contributed by atoms with Crippen LogP contribution in [0.2, 0.25) is 0 Å². The van der Waals surface area contributed by atoms with Gasteiger partial charge in [-0.25, -0.2) is 4.98 Å². The maximum atomic E-state index is 5.92. The largest absolute Gasteiger partial charge is 0.461 e. The van der Waals surface area contributed by atoms with Crippen molar-refractivity contribution in [2.75, 3.05) is 0 Å². The van der Waals surface area contributed by atoms with Crippen LogP contribution in [0.5, 0.6) is 0 Å². The number of aryl methyl sites for hydroxylation is 2. The number of hydrogen-bond acceptors (Lipinski definition) is 2. The quantitative estimate of drug-likeness (QED) is 0.382. The van der Waals surface area contributed by atoms with E-state index in [1.165, 1.54) is 10.8 Å². The second-order valence-electron chi connectivity index (χ2n) is 6.23. The lowest BCUT2D eigenvalue weighted by molar-refractivity contribution is 0.549. The van der Waals surface area contributed by atoms with Crippen LogP contribution in [0, 0.1) is 13.8 Å². The molecule has 0 aliphatic carbocycles. The minimum Gasteiger partial charge on any atom is -0.461 e. The molecule has 0 saturated heterocycles. The third-order valence-corrected chi connectivity index (χ3v) is 4.57. The maximum Gasteiger partial charge on any atom is 0.145 e. The van der Waals surface area contributed by atoms with Crippen molar-refractivity contribution in [2.24, 2.45) is 0 Å². The van der Waals surface area contributed by atoms with E-state index in [1.54, 1.807) is 0 Å². The molecule has 0 radical (unpaired) electrons. The number of benzene rings is 2. The summed E-state index contributed by atoms with van der Waals surface area (Å²) in [6, 6.07) is 18.9. The fourth-order valence-electron chi connectivity index (χ4n) is 3.58. The van der Waals surface area contributed by atoms with Crippen LogP contribution in [0.25, 0.3) is 38.6 Å². The lowest BCUT2D eigenvalue weighted by atomic mass is 9.99. The molecule has 0 aliphatic heterocycles. The van der Waals surface area contributed by atoms with Gasteiger partial charge >= 0.3 is 0 Å². The average Bonchev–Trinajstić information content (AvgIpc) is 3.20. The molecule has 3 aromatic heterocycles. The Morgan fingerprint density at radius 1 is 0.875 bits per heavy atom. The predicted molar refractivity (Wildman–Crippen MR) is 97.4 cm³/mol. The van der Waals surface area contributed by atoms with Crippen LogP contribution in [0.4, 0.5) is 0 Å². The van der Waals surface area contributed by atoms with Crippen molar-refractivity contribution in [1.82, 2.24) is 9.38 Å².